The summed E-state index contributed by atoms with van der Waals surface area (Å²) in [6.07, 6.45) is 0. The Hall–Kier alpha value is -1.57. The molecule has 0 bridgehead atoms. The fourth-order valence-corrected chi connectivity index (χ4v) is 2.89. The Morgan fingerprint density at radius 3 is 2.38 bits per heavy atom. The fourth-order valence-electron chi connectivity index (χ4n) is 1.73. The summed E-state index contributed by atoms with van der Waals surface area (Å²) < 4.78 is 26.1. The largest absolute Gasteiger partial charge is 0.507 e. The van der Waals surface area contributed by atoms with Gasteiger partial charge < -0.3 is 10.4 Å². The highest BCUT2D eigenvalue weighted by Crippen LogP contribution is 2.24. The van der Waals surface area contributed by atoms with Crippen LogP contribution in [0.2, 0.25) is 0 Å². The number of phenolic OH excluding ortho intramolecular Hbond substituents is 1. The minimum atomic E-state index is -3.40. The van der Waals surface area contributed by atoms with Crippen molar-refractivity contribution in [3.8, 4) is 5.75 Å². The van der Waals surface area contributed by atoms with Crippen molar-refractivity contribution >= 4 is 31.6 Å². The zero-order valence-electron chi connectivity index (χ0n) is 11.3. The summed E-state index contributed by atoms with van der Waals surface area (Å²) in [7, 11) is -2.03. The Morgan fingerprint density at radius 1 is 1.14 bits per heavy atom. The number of halogens is 1. The molecule has 0 aliphatic rings. The van der Waals surface area contributed by atoms with Crippen LogP contribution in [0.5, 0.6) is 5.75 Å². The molecule has 7 heteroatoms. The molecule has 5 nitrogen and oxygen atoms in total. The summed E-state index contributed by atoms with van der Waals surface area (Å²) in [5.74, 6) is 0.195. The Morgan fingerprint density at radius 2 is 1.81 bits per heavy atom. The number of aromatic hydroxyl groups is 1. The van der Waals surface area contributed by atoms with Gasteiger partial charge in [0.05, 0.1) is 9.37 Å². The lowest BCUT2D eigenvalue weighted by atomic mass is 10.2. The van der Waals surface area contributed by atoms with Crippen LogP contribution >= 0.6 is 15.9 Å². The Bertz CT molecular complexity index is 730. The molecule has 21 heavy (non-hydrogen) atoms. The number of anilines is 1. The number of hydrogen-bond acceptors (Lipinski definition) is 4. The predicted molar refractivity (Wildman–Crippen MR) is 85.8 cm³/mol. The molecule has 2 aromatic carbocycles. The van der Waals surface area contributed by atoms with Gasteiger partial charge in [-0.25, -0.2) is 13.1 Å². The topological polar surface area (TPSA) is 78.4 Å². The standard InChI is InChI=1S/C14H15BrN2O3S/c1-16-21(19,20)12-5-3-11(4-6-12)17-9-10-2-7-14(18)13(15)8-10/h2-8,16-18H,9H2,1H3. The van der Waals surface area contributed by atoms with Crippen molar-refractivity contribution in [1.29, 1.82) is 0 Å². The van der Waals surface area contributed by atoms with E-state index in [0.29, 0.717) is 11.0 Å². The van der Waals surface area contributed by atoms with Gasteiger partial charge in [-0.2, -0.15) is 0 Å². The molecule has 0 atom stereocenters. The maximum absolute atomic E-state index is 11.6. The van der Waals surface area contributed by atoms with Gasteiger partial charge in [-0.3, -0.25) is 0 Å². The first-order valence-corrected chi connectivity index (χ1v) is 8.45. The quantitative estimate of drug-likeness (QED) is 0.755. The van der Waals surface area contributed by atoms with E-state index in [2.05, 4.69) is 26.0 Å². The van der Waals surface area contributed by atoms with Gasteiger partial charge >= 0.3 is 0 Å². The van der Waals surface area contributed by atoms with E-state index in [0.717, 1.165) is 11.3 Å². The summed E-state index contributed by atoms with van der Waals surface area (Å²) in [6, 6.07) is 11.7. The van der Waals surface area contributed by atoms with Crippen LogP contribution in [0.15, 0.2) is 51.8 Å². The minimum absolute atomic E-state index is 0.195. The lowest BCUT2D eigenvalue weighted by Crippen LogP contribution is -2.18. The molecule has 0 saturated heterocycles. The fraction of sp³-hybridized carbons (Fsp3) is 0.143. The van der Waals surface area contributed by atoms with Gasteiger partial charge in [-0.05, 0) is 64.9 Å². The van der Waals surface area contributed by atoms with E-state index in [1.165, 1.54) is 7.05 Å². The van der Waals surface area contributed by atoms with Gasteiger partial charge in [0.2, 0.25) is 10.0 Å². The first-order valence-electron chi connectivity index (χ1n) is 6.17. The highest BCUT2D eigenvalue weighted by Gasteiger charge is 2.10. The number of benzene rings is 2. The minimum Gasteiger partial charge on any atom is -0.507 e. The predicted octanol–water partition coefficient (Wildman–Crippen LogP) is 2.67. The van der Waals surface area contributed by atoms with Gasteiger partial charge in [0.1, 0.15) is 5.75 Å². The smallest absolute Gasteiger partial charge is 0.240 e. The highest BCUT2D eigenvalue weighted by atomic mass is 79.9. The van der Waals surface area contributed by atoms with Crippen molar-refractivity contribution in [3.63, 3.8) is 0 Å². The lowest BCUT2D eigenvalue weighted by molar-refractivity contribution is 0.471. The number of hydrogen-bond donors (Lipinski definition) is 3. The Kier molecular flexibility index (Phi) is 4.87. The lowest BCUT2D eigenvalue weighted by Gasteiger charge is -2.09. The molecule has 3 N–H and O–H groups in total. The van der Waals surface area contributed by atoms with Crippen LogP contribution in [0, 0.1) is 0 Å². The first-order chi connectivity index (χ1) is 9.92. The second-order valence-electron chi connectivity index (χ2n) is 4.37. The molecule has 112 valence electrons. The molecule has 0 spiro atoms. The Labute approximate surface area is 132 Å². The summed E-state index contributed by atoms with van der Waals surface area (Å²) in [4.78, 5) is 0.225. The van der Waals surface area contributed by atoms with Crippen LogP contribution in [0.3, 0.4) is 0 Å². The summed E-state index contributed by atoms with van der Waals surface area (Å²) >= 11 is 3.26. The molecule has 0 aliphatic heterocycles. The van der Waals surface area contributed by atoms with Crippen molar-refractivity contribution < 1.29 is 13.5 Å². The van der Waals surface area contributed by atoms with Crippen molar-refractivity contribution in [1.82, 2.24) is 4.72 Å². The molecule has 0 aliphatic carbocycles. The third kappa shape index (κ3) is 3.96. The summed E-state index contributed by atoms with van der Waals surface area (Å²) in [5, 5.41) is 12.6. The van der Waals surface area contributed by atoms with Crippen LogP contribution in [-0.4, -0.2) is 20.6 Å². The van der Waals surface area contributed by atoms with Crippen LogP contribution in [-0.2, 0) is 16.6 Å². The molecule has 2 rings (SSSR count). The molecule has 0 unspecified atom stereocenters. The van der Waals surface area contributed by atoms with Crippen LogP contribution < -0.4 is 10.0 Å². The van der Waals surface area contributed by atoms with Crippen molar-refractivity contribution in [2.45, 2.75) is 11.4 Å². The van der Waals surface area contributed by atoms with Gasteiger partial charge in [-0.1, -0.05) is 6.07 Å². The van der Waals surface area contributed by atoms with Crippen molar-refractivity contribution in [2.75, 3.05) is 12.4 Å². The molecule has 0 amide bonds. The third-order valence-electron chi connectivity index (χ3n) is 2.94. The van der Waals surface area contributed by atoms with Gasteiger partial charge in [0, 0.05) is 12.2 Å². The van der Waals surface area contributed by atoms with Crippen molar-refractivity contribution in [2.24, 2.45) is 0 Å². The van der Waals surface area contributed by atoms with E-state index in [1.807, 2.05) is 12.1 Å². The van der Waals surface area contributed by atoms with Crippen LogP contribution in [0.1, 0.15) is 5.56 Å². The number of sulfonamides is 1. The highest BCUT2D eigenvalue weighted by molar-refractivity contribution is 9.10. The van der Waals surface area contributed by atoms with E-state index in [4.69, 9.17) is 0 Å². The molecular formula is C14H15BrN2O3S. The third-order valence-corrected chi connectivity index (χ3v) is 5.01. The van der Waals surface area contributed by atoms with E-state index in [-0.39, 0.29) is 10.6 Å². The first kappa shape index (κ1) is 15.8. The zero-order chi connectivity index (χ0) is 15.5. The molecule has 0 fully saturated rings. The molecule has 2 aromatic rings. The zero-order valence-corrected chi connectivity index (χ0v) is 13.7. The van der Waals surface area contributed by atoms with E-state index >= 15 is 0 Å². The average Bonchev–Trinajstić information content (AvgIpc) is 2.49. The van der Waals surface area contributed by atoms with Crippen LogP contribution in [0.4, 0.5) is 5.69 Å². The van der Waals surface area contributed by atoms with Crippen LogP contribution in [0.25, 0.3) is 0 Å². The molecule has 0 aromatic heterocycles. The van der Waals surface area contributed by atoms with Gasteiger partial charge in [-0.15, -0.1) is 0 Å². The Balaban J connectivity index is 2.05. The molecule has 0 saturated carbocycles. The van der Waals surface area contributed by atoms with E-state index in [9.17, 15) is 13.5 Å². The number of rotatable bonds is 5. The maximum Gasteiger partial charge on any atom is 0.240 e. The summed E-state index contributed by atoms with van der Waals surface area (Å²) in [6.45, 7) is 0.566. The normalized spacial score (nSPS) is 11.3. The maximum atomic E-state index is 11.6. The number of nitrogens with one attached hydrogen (secondary N) is 2. The second-order valence-corrected chi connectivity index (χ2v) is 7.11. The van der Waals surface area contributed by atoms with E-state index in [1.54, 1.807) is 30.3 Å². The SMILES string of the molecule is CNS(=O)(=O)c1ccc(NCc2ccc(O)c(Br)c2)cc1. The van der Waals surface area contributed by atoms with Gasteiger partial charge in [0.15, 0.2) is 0 Å². The van der Waals surface area contributed by atoms with Crippen molar-refractivity contribution in [3.05, 3.63) is 52.5 Å². The molecular weight excluding hydrogens is 356 g/mol. The molecule has 0 radical (unpaired) electrons. The summed E-state index contributed by atoms with van der Waals surface area (Å²) in [5.41, 5.74) is 1.81. The monoisotopic (exact) mass is 370 g/mol. The second kappa shape index (κ2) is 6.46. The van der Waals surface area contributed by atoms with Gasteiger partial charge in [0.25, 0.3) is 0 Å². The van der Waals surface area contributed by atoms with E-state index < -0.39 is 10.0 Å². The average molecular weight is 371 g/mol. The molecule has 0 heterocycles. The number of phenols is 1.